The zero-order valence-electron chi connectivity index (χ0n) is 16.8. The summed E-state index contributed by atoms with van der Waals surface area (Å²) in [5.74, 6) is -2.53. The van der Waals surface area contributed by atoms with Crippen LogP contribution in [0.2, 0.25) is 0 Å². The number of hydrogen-bond donors (Lipinski definition) is 2. The van der Waals surface area contributed by atoms with Gasteiger partial charge in [0.25, 0.3) is 0 Å². The van der Waals surface area contributed by atoms with Gasteiger partial charge in [0.15, 0.2) is 0 Å². The Morgan fingerprint density at radius 3 is 2.20 bits per heavy atom. The van der Waals surface area contributed by atoms with E-state index in [4.69, 9.17) is 4.74 Å². The standard InChI is InChI=1S/C24H27F2NO3/c25-24(26)11-9-16(10-12-24)13-17(14-28)27-23(29)30-15-22-20-7-3-1-5-18(20)19-6-2-4-8-21(19)22/h1-8,16-17,22,28H,9-15H2,(H,27,29). The molecule has 4 rings (SSSR count). The lowest BCUT2D eigenvalue weighted by molar-refractivity contribution is -0.0478. The monoisotopic (exact) mass is 415 g/mol. The number of aliphatic hydroxyl groups excluding tert-OH is 1. The van der Waals surface area contributed by atoms with Gasteiger partial charge in [0.2, 0.25) is 5.92 Å². The van der Waals surface area contributed by atoms with Gasteiger partial charge < -0.3 is 15.2 Å². The summed E-state index contributed by atoms with van der Waals surface area (Å²) in [6.07, 6.45) is 0.473. The van der Waals surface area contributed by atoms with Gasteiger partial charge >= 0.3 is 6.09 Å². The van der Waals surface area contributed by atoms with Crippen molar-refractivity contribution in [2.24, 2.45) is 5.92 Å². The van der Waals surface area contributed by atoms with Crippen LogP contribution >= 0.6 is 0 Å². The van der Waals surface area contributed by atoms with Gasteiger partial charge in [-0.05, 0) is 47.4 Å². The lowest BCUT2D eigenvalue weighted by Crippen LogP contribution is -2.40. The Balaban J connectivity index is 1.33. The van der Waals surface area contributed by atoms with Gasteiger partial charge in [-0.25, -0.2) is 13.6 Å². The highest BCUT2D eigenvalue weighted by atomic mass is 19.3. The van der Waals surface area contributed by atoms with Crippen molar-refractivity contribution in [2.45, 2.75) is 50.0 Å². The number of aliphatic hydroxyl groups is 1. The van der Waals surface area contributed by atoms with E-state index in [2.05, 4.69) is 29.6 Å². The molecule has 0 heterocycles. The van der Waals surface area contributed by atoms with Crippen molar-refractivity contribution >= 4 is 6.09 Å². The second-order valence-corrected chi connectivity index (χ2v) is 8.38. The Kier molecular flexibility index (Phi) is 6.04. The van der Waals surface area contributed by atoms with E-state index in [0.717, 1.165) is 22.3 Å². The zero-order valence-corrected chi connectivity index (χ0v) is 16.8. The first-order valence-electron chi connectivity index (χ1n) is 10.6. The molecule has 1 saturated carbocycles. The maximum atomic E-state index is 13.3. The fourth-order valence-corrected chi connectivity index (χ4v) is 4.72. The number of carbonyl (C=O) groups excluding carboxylic acids is 1. The van der Waals surface area contributed by atoms with Crippen LogP contribution in [0.15, 0.2) is 48.5 Å². The van der Waals surface area contributed by atoms with Crippen LogP contribution in [-0.4, -0.2) is 36.4 Å². The number of ether oxygens (including phenoxy) is 1. The fraction of sp³-hybridized carbons (Fsp3) is 0.458. The second kappa shape index (κ2) is 8.72. The molecule has 0 aliphatic heterocycles. The average Bonchev–Trinajstić information content (AvgIpc) is 3.07. The van der Waals surface area contributed by atoms with Crippen molar-refractivity contribution in [3.8, 4) is 11.1 Å². The normalized spacial score (nSPS) is 19.0. The molecule has 160 valence electrons. The van der Waals surface area contributed by atoms with Crippen molar-refractivity contribution in [1.29, 1.82) is 0 Å². The lowest BCUT2D eigenvalue weighted by atomic mass is 9.83. The first-order valence-corrected chi connectivity index (χ1v) is 10.6. The molecule has 1 amide bonds. The van der Waals surface area contributed by atoms with Gasteiger partial charge in [-0.15, -0.1) is 0 Å². The van der Waals surface area contributed by atoms with Crippen molar-refractivity contribution in [1.82, 2.24) is 5.32 Å². The third kappa shape index (κ3) is 4.48. The molecule has 0 bridgehead atoms. The molecule has 0 radical (unpaired) electrons. The van der Waals surface area contributed by atoms with E-state index >= 15 is 0 Å². The van der Waals surface area contributed by atoms with E-state index in [0.29, 0.717) is 19.3 Å². The quantitative estimate of drug-likeness (QED) is 0.690. The first-order chi connectivity index (χ1) is 14.5. The van der Waals surface area contributed by atoms with Crippen molar-refractivity contribution < 1.29 is 23.4 Å². The number of fused-ring (bicyclic) bond motifs is 3. The Morgan fingerprint density at radius 2 is 1.63 bits per heavy atom. The molecule has 30 heavy (non-hydrogen) atoms. The van der Waals surface area contributed by atoms with Crippen molar-refractivity contribution in [3.05, 3.63) is 59.7 Å². The summed E-state index contributed by atoms with van der Waals surface area (Å²) in [6.45, 7) is -0.0370. The molecule has 1 atom stereocenters. The molecule has 2 aliphatic carbocycles. The predicted molar refractivity (Wildman–Crippen MR) is 111 cm³/mol. The van der Waals surface area contributed by atoms with Gasteiger partial charge in [0, 0.05) is 18.8 Å². The minimum absolute atomic E-state index is 0.0312. The number of benzene rings is 2. The minimum atomic E-state index is -2.58. The highest BCUT2D eigenvalue weighted by Crippen LogP contribution is 2.44. The Hall–Kier alpha value is -2.47. The Morgan fingerprint density at radius 1 is 1.07 bits per heavy atom. The van der Waals surface area contributed by atoms with Gasteiger partial charge in [-0.3, -0.25) is 0 Å². The molecular formula is C24H27F2NO3. The van der Waals surface area contributed by atoms with E-state index < -0.39 is 18.1 Å². The number of alkyl halides is 2. The molecule has 6 heteroatoms. The lowest BCUT2D eigenvalue weighted by Gasteiger charge is -2.30. The van der Waals surface area contributed by atoms with Crippen LogP contribution in [0.5, 0.6) is 0 Å². The van der Waals surface area contributed by atoms with Crippen molar-refractivity contribution in [2.75, 3.05) is 13.2 Å². The molecular weight excluding hydrogens is 388 g/mol. The summed E-state index contributed by atoms with van der Waals surface area (Å²) < 4.78 is 32.2. The molecule has 2 N–H and O–H groups in total. The van der Waals surface area contributed by atoms with Gasteiger partial charge in [0.1, 0.15) is 6.61 Å². The van der Waals surface area contributed by atoms with Crippen LogP contribution in [0, 0.1) is 5.92 Å². The maximum absolute atomic E-state index is 13.3. The average molecular weight is 415 g/mol. The largest absolute Gasteiger partial charge is 0.449 e. The number of rotatable bonds is 6. The maximum Gasteiger partial charge on any atom is 0.407 e. The molecule has 2 aromatic rings. The van der Waals surface area contributed by atoms with Gasteiger partial charge in [-0.2, -0.15) is 0 Å². The predicted octanol–water partition coefficient (Wildman–Crippen LogP) is 5.10. The van der Waals surface area contributed by atoms with Gasteiger partial charge in [0.05, 0.1) is 12.6 Å². The summed E-state index contributed by atoms with van der Waals surface area (Å²) in [7, 11) is 0. The van der Waals surface area contributed by atoms with Crippen LogP contribution in [0.1, 0.15) is 49.1 Å². The molecule has 0 saturated heterocycles. The van der Waals surface area contributed by atoms with Crippen LogP contribution in [-0.2, 0) is 4.74 Å². The first kappa shape index (κ1) is 20.8. The zero-order chi connectivity index (χ0) is 21.1. The molecule has 0 aromatic heterocycles. The molecule has 4 nitrogen and oxygen atoms in total. The third-order valence-corrected chi connectivity index (χ3v) is 6.34. The number of halogens is 2. The third-order valence-electron chi connectivity index (χ3n) is 6.34. The van der Waals surface area contributed by atoms with Crippen LogP contribution in [0.4, 0.5) is 13.6 Å². The van der Waals surface area contributed by atoms with E-state index in [1.54, 1.807) is 0 Å². The highest BCUT2D eigenvalue weighted by Gasteiger charge is 2.36. The van der Waals surface area contributed by atoms with E-state index in [1.807, 2.05) is 24.3 Å². The van der Waals surface area contributed by atoms with E-state index in [1.165, 1.54) is 0 Å². The number of amides is 1. The number of alkyl carbamates (subject to hydrolysis) is 1. The Labute approximate surface area is 175 Å². The molecule has 1 fully saturated rings. The number of carbonyl (C=O) groups is 1. The summed E-state index contributed by atoms with van der Waals surface area (Å²) in [5.41, 5.74) is 4.58. The fourth-order valence-electron chi connectivity index (χ4n) is 4.72. The highest BCUT2D eigenvalue weighted by molar-refractivity contribution is 5.79. The summed E-state index contributed by atoms with van der Waals surface area (Å²) in [5, 5.41) is 12.3. The SMILES string of the molecule is O=C(NC(CO)CC1CCC(F)(F)CC1)OCC1c2ccccc2-c2ccccc21. The van der Waals surface area contributed by atoms with Crippen LogP contribution < -0.4 is 5.32 Å². The second-order valence-electron chi connectivity index (χ2n) is 8.38. The van der Waals surface area contributed by atoms with Crippen LogP contribution in [0.25, 0.3) is 11.1 Å². The summed E-state index contributed by atoms with van der Waals surface area (Å²) in [6, 6.07) is 15.7. The molecule has 2 aromatic carbocycles. The van der Waals surface area contributed by atoms with E-state index in [-0.39, 0.29) is 37.9 Å². The smallest absolute Gasteiger partial charge is 0.407 e. The number of nitrogens with one attached hydrogen (secondary N) is 1. The van der Waals surface area contributed by atoms with Crippen LogP contribution in [0.3, 0.4) is 0 Å². The topological polar surface area (TPSA) is 58.6 Å². The van der Waals surface area contributed by atoms with Crippen molar-refractivity contribution in [3.63, 3.8) is 0 Å². The van der Waals surface area contributed by atoms with Gasteiger partial charge in [-0.1, -0.05) is 48.5 Å². The molecule has 2 aliphatic rings. The number of hydrogen-bond acceptors (Lipinski definition) is 3. The Bertz CT molecular complexity index is 846. The summed E-state index contributed by atoms with van der Waals surface area (Å²) >= 11 is 0. The molecule has 0 spiro atoms. The summed E-state index contributed by atoms with van der Waals surface area (Å²) in [4.78, 5) is 12.4. The molecule has 1 unspecified atom stereocenters. The van der Waals surface area contributed by atoms with E-state index in [9.17, 15) is 18.7 Å². The minimum Gasteiger partial charge on any atom is -0.449 e.